The van der Waals surface area contributed by atoms with Gasteiger partial charge in [-0.15, -0.1) is 0 Å². The molecule has 0 radical (unpaired) electrons. The molecular formula is C16H12BrFO2. The molecule has 102 valence electrons. The number of ether oxygens (including phenoxy) is 1. The molecule has 0 spiro atoms. The number of carbonyl (C=O) groups excluding carboxylic acids is 1. The minimum atomic E-state index is -0.343. The lowest BCUT2D eigenvalue weighted by atomic mass is 10.0. The fourth-order valence-electron chi connectivity index (χ4n) is 2.36. The van der Waals surface area contributed by atoms with E-state index >= 15 is 0 Å². The summed E-state index contributed by atoms with van der Waals surface area (Å²) in [7, 11) is 0. The summed E-state index contributed by atoms with van der Waals surface area (Å²) in [5, 5.41) is 0. The van der Waals surface area contributed by atoms with E-state index in [0.717, 1.165) is 17.7 Å². The molecule has 0 unspecified atom stereocenters. The molecule has 1 heterocycles. The molecular weight excluding hydrogens is 323 g/mol. The molecule has 2 aromatic rings. The standard InChI is InChI=1S/C16H12BrFO2/c17-13-5-10(6-14(18)9-13)7-15(19)11-1-2-16-12(8-11)3-4-20-16/h1-2,5-6,8-9H,3-4,7H2. The van der Waals surface area contributed by atoms with E-state index in [1.54, 1.807) is 12.1 Å². The van der Waals surface area contributed by atoms with Crippen LogP contribution in [0.1, 0.15) is 21.5 Å². The van der Waals surface area contributed by atoms with Crippen molar-refractivity contribution in [3.63, 3.8) is 0 Å². The monoisotopic (exact) mass is 334 g/mol. The van der Waals surface area contributed by atoms with Gasteiger partial charge < -0.3 is 4.74 Å². The van der Waals surface area contributed by atoms with Gasteiger partial charge in [-0.05, 0) is 47.5 Å². The van der Waals surface area contributed by atoms with E-state index in [0.29, 0.717) is 22.2 Å². The van der Waals surface area contributed by atoms with Crippen LogP contribution >= 0.6 is 15.9 Å². The van der Waals surface area contributed by atoms with Gasteiger partial charge in [-0.25, -0.2) is 4.39 Å². The van der Waals surface area contributed by atoms with Gasteiger partial charge in [0.05, 0.1) is 6.61 Å². The van der Waals surface area contributed by atoms with E-state index in [4.69, 9.17) is 4.74 Å². The normalized spacial score (nSPS) is 12.9. The highest BCUT2D eigenvalue weighted by Gasteiger charge is 2.15. The number of hydrogen-bond donors (Lipinski definition) is 0. The third-order valence-electron chi connectivity index (χ3n) is 3.30. The second kappa shape index (κ2) is 5.37. The molecule has 0 saturated heterocycles. The summed E-state index contributed by atoms with van der Waals surface area (Å²) in [6.45, 7) is 0.670. The average molecular weight is 335 g/mol. The van der Waals surface area contributed by atoms with Crippen molar-refractivity contribution >= 4 is 21.7 Å². The maximum Gasteiger partial charge on any atom is 0.167 e. The molecule has 0 aliphatic carbocycles. The van der Waals surface area contributed by atoms with Gasteiger partial charge in [0.25, 0.3) is 0 Å². The van der Waals surface area contributed by atoms with Crippen molar-refractivity contribution in [1.29, 1.82) is 0 Å². The Morgan fingerprint density at radius 2 is 2.10 bits per heavy atom. The van der Waals surface area contributed by atoms with Gasteiger partial charge >= 0.3 is 0 Å². The van der Waals surface area contributed by atoms with Crippen LogP contribution in [0, 0.1) is 5.82 Å². The van der Waals surface area contributed by atoms with Crippen LogP contribution in [-0.4, -0.2) is 12.4 Å². The van der Waals surface area contributed by atoms with Crippen LogP contribution in [0.3, 0.4) is 0 Å². The van der Waals surface area contributed by atoms with Gasteiger partial charge in [0, 0.05) is 22.9 Å². The average Bonchev–Trinajstić information content (AvgIpc) is 2.84. The maximum atomic E-state index is 13.3. The van der Waals surface area contributed by atoms with Crippen LogP contribution in [0.15, 0.2) is 40.9 Å². The number of benzene rings is 2. The molecule has 0 N–H and O–H groups in total. The Balaban J connectivity index is 1.82. The zero-order valence-electron chi connectivity index (χ0n) is 10.7. The van der Waals surface area contributed by atoms with Crippen LogP contribution in [0.5, 0.6) is 5.75 Å². The zero-order valence-corrected chi connectivity index (χ0v) is 12.2. The smallest absolute Gasteiger partial charge is 0.167 e. The third kappa shape index (κ3) is 2.75. The van der Waals surface area contributed by atoms with Crippen LogP contribution < -0.4 is 4.74 Å². The van der Waals surface area contributed by atoms with Gasteiger partial charge in [-0.3, -0.25) is 4.79 Å². The largest absolute Gasteiger partial charge is 0.493 e. The number of hydrogen-bond acceptors (Lipinski definition) is 2. The Bertz CT molecular complexity index is 662. The van der Waals surface area contributed by atoms with Crippen molar-refractivity contribution in [2.24, 2.45) is 0 Å². The molecule has 0 aromatic heterocycles. The van der Waals surface area contributed by atoms with E-state index in [1.165, 1.54) is 12.1 Å². The van der Waals surface area contributed by atoms with Gasteiger partial charge in [0.1, 0.15) is 11.6 Å². The lowest BCUT2D eigenvalue weighted by molar-refractivity contribution is 0.0993. The molecule has 0 bridgehead atoms. The number of halogens is 2. The van der Waals surface area contributed by atoms with E-state index in [-0.39, 0.29) is 18.0 Å². The van der Waals surface area contributed by atoms with Crippen LogP contribution in [0.4, 0.5) is 4.39 Å². The fraction of sp³-hybridized carbons (Fsp3) is 0.188. The first kappa shape index (κ1) is 13.3. The van der Waals surface area contributed by atoms with Crippen LogP contribution in [0.2, 0.25) is 0 Å². The van der Waals surface area contributed by atoms with Crippen molar-refractivity contribution in [3.8, 4) is 5.75 Å². The molecule has 0 amide bonds. The minimum Gasteiger partial charge on any atom is -0.493 e. The predicted octanol–water partition coefficient (Wildman–Crippen LogP) is 3.95. The first-order valence-corrected chi connectivity index (χ1v) is 7.15. The van der Waals surface area contributed by atoms with Gasteiger partial charge in [-0.1, -0.05) is 15.9 Å². The summed E-state index contributed by atoms with van der Waals surface area (Å²) >= 11 is 3.23. The first-order valence-electron chi connectivity index (χ1n) is 6.36. The van der Waals surface area contributed by atoms with E-state index in [2.05, 4.69) is 15.9 Å². The Morgan fingerprint density at radius 3 is 2.90 bits per heavy atom. The summed E-state index contributed by atoms with van der Waals surface area (Å²) in [5.74, 6) is 0.497. The summed E-state index contributed by atoms with van der Waals surface area (Å²) in [5.41, 5.74) is 2.38. The Hall–Kier alpha value is -1.68. The Kier molecular flexibility index (Phi) is 3.57. The molecule has 0 fully saturated rings. The van der Waals surface area contributed by atoms with Gasteiger partial charge in [0.2, 0.25) is 0 Å². The number of Topliss-reactive ketones (excluding diaryl/α,β-unsaturated/α-hetero) is 1. The molecule has 4 heteroatoms. The number of carbonyl (C=O) groups is 1. The second-order valence-electron chi connectivity index (χ2n) is 4.80. The summed E-state index contributed by atoms with van der Waals surface area (Å²) in [6.07, 6.45) is 1.03. The zero-order chi connectivity index (χ0) is 14.1. The lowest BCUT2D eigenvalue weighted by Crippen LogP contribution is -2.04. The number of fused-ring (bicyclic) bond motifs is 1. The topological polar surface area (TPSA) is 26.3 Å². The second-order valence-corrected chi connectivity index (χ2v) is 5.71. The van der Waals surface area contributed by atoms with Crippen LogP contribution in [-0.2, 0) is 12.8 Å². The first-order chi connectivity index (χ1) is 9.61. The maximum absolute atomic E-state index is 13.3. The molecule has 1 aliphatic rings. The van der Waals surface area contributed by atoms with Crippen molar-refractivity contribution in [2.75, 3.05) is 6.61 Å². The van der Waals surface area contributed by atoms with E-state index in [9.17, 15) is 9.18 Å². The summed E-state index contributed by atoms with van der Waals surface area (Å²) in [6, 6.07) is 9.99. The highest BCUT2D eigenvalue weighted by molar-refractivity contribution is 9.10. The molecule has 2 aromatic carbocycles. The lowest BCUT2D eigenvalue weighted by Gasteiger charge is -2.05. The number of ketones is 1. The predicted molar refractivity (Wildman–Crippen MR) is 77.8 cm³/mol. The van der Waals surface area contributed by atoms with E-state index in [1.807, 2.05) is 12.1 Å². The molecule has 0 saturated carbocycles. The van der Waals surface area contributed by atoms with Gasteiger partial charge in [-0.2, -0.15) is 0 Å². The molecule has 1 aliphatic heterocycles. The highest BCUT2D eigenvalue weighted by atomic mass is 79.9. The number of rotatable bonds is 3. The minimum absolute atomic E-state index is 0.0165. The SMILES string of the molecule is O=C(Cc1cc(F)cc(Br)c1)c1ccc2c(c1)CCO2. The molecule has 3 rings (SSSR count). The van der Waals surface area contributed by atoms with Crippen molar-refractivity contribution in [3.05, 3.63) is 63.4 Å². The third-order valence-corrected chi connectivity index (χ3v) is 3.76. The van der Waals surface area contributed by atoms with E-state index < -0.39 is 0 Å². The van der Waals surface area contributed by atoms with Crippen molar-refractivity contribution in [2.45, 2.75) is 12.8 Å². The molecule has 0 atom stereocenters. The quantitative estimate of drug-likeness (QED) is 0.794. The molecule has 2 nitrogen and oxygen atoms in total. The molecule has 20 heavy (non-hydrogen) atoms. The fourth-order valence-corrected chi connectivity index (χ4v) is 2.87. The highest BCUT2D eigenvalue weighted by Crippen LogP contribution is 2.26. The van der Waals surface area contributed by atoms with Crippen molar-refractivity contribution < 1.29 is 13.9 Å². The summed E-state index contributed by atoms with van der Waals surface area (Å²) in [4.78, 5) is 12.3. The Labute approximate surface area is 124 Å². The Morgan fingerprint density at radius 1 is 1.25 bits per heavy atom. The van der Waals surface area contributed by atoms with Crippen molar-refractivity contribution in [1.82, 2.24) is 0 Å². The van der Waals surface area contributed by atoms with Crippen LogP contribution in [0.25, 0.3) is 0 Å². The summed E-state index contributed by atoms with van der Waals surface area (Å²) < 4.78 is 19.4. The van der Waals surface area contributed by atoms with Gasteiger partial charge in [0.15, 0.2) is 5.78 Å².